The zero-order valence-corrected chi connectivity index (χ0v) is 3.22. The first-order valence-corrected chi connectivity index (χ1v) is 1.87. The van der Waals surface area contributed by atoms with Gasteiger partial charge in [0.25, 0.3) is 0 Å². The summed E-state index contributed by atoms with van der Waals surface area (Å²) in [5.74, 6) is -0.792. The van der Waals surface area contributed by atoms with E-state index in [9.17, 15) is 4.79 Å². The molecule has 0 heterocycles. The lowest BCUT2D eigenvalue weighted by atomic mass is 10.5. The Bertz CT molecular complexity index is 73.6. The third kappa shape index (κ3) is 0.506. The number of carbonyl (C=O) groups is 1. The molecule has 1 unspecified atom stereocenters. The van der Waals surface area contributed by atoms with Gasteiger partial charge in [0.05, 0.1) is 5.92 Å². The minimum Gasteiger partial charge on any atom is -0.481 e. The van der Waals surface area contributed by atoms with Crippen LogP contribution in [0.3, 0.4) is 0 Å². The quantitative estimate of drug-likeness (QED) is 0.497. The molecular formula is C4H5O2. The van der Waals surface area contributed by atoms with Crippen LogP contribution in [-0.2, 0) is 4.79 Å². The van der Waals surface area contributed by atoms with Gasteiger partial charge < -0.3 is 5.11 Å². The predicted octanol–water partition coefficient (Wildman–Crippen LogP) is 0.295. The maximum atomic E-state index is 9.73. The van der Waals surface area contributed by atoms with E-state index < -0.39 is 5.97 Å². The second-order valence-electron chi connectivity index (χ2n) is 1.42. The van der Waals surface area contributed by atoms with E-state index >= 15 is 0 Å². The number of hydrogen-bond acceptors (Lipinski definition) is 1. The van der Waals surface area contributed by atoms with Gasteiger partial charge in [-0.25, -0.2) is 0 Å². The third-order valence-electron chi connectivity index (χ3n) is 0.789. The van der Waals surface area contributed by atoms with Crippen molar-refractivity contribution < 1.29 is 9.90 Å². The van der Waals surface area contributed by atoms with Crippen molar-refractivity contribution in [3.8, 4) is 0 Å². The molecule has 0 aromatic rings. The highest BCUT2D eigenvalue weighted by Crippen LogP contribution is 2.26. The lowest BCUT2D eigenvalue weighted by molar-refractivity contribution is -0.138. The minimum absolute atomic E-state index is 0.106. The van der Waals surface area contributed by atoms with Crippen molar-refractivity contribution in [3.63, 3.8) is 0 Å². The van der Waals surface area contributed by atoms with Crippen LogP contribution in [0.15, 0.2) is 0 Å². The molecule has 1 N–H and O–H groups in total. The molecule has 1 radical (unpaired) electrons. The van der Waals surface area contributed by atoms with Crippen LogP contribution in [0, 0.1) is 12.3 Å². The maximum Gasteiger partial charge on any atom is 0.306 e. The highest BCUT2D eigenvalue weighted by Gasteiger charge is 2.29. The third-order valence-corrected chi connectivity index (χ3v) is 0.789. The Balaban J connectivity index is 2.31. The second kappa shape index (κ2) is 0.965. The Labute approximate surface area is 35.8 Å². The number of carboxylic acid groups (broad SMARTS) is 1. The van der Waals surface area contributed by atoms with E-state index in [1.165, 1.54) is 0 Å². The van der Waals surface area contributed by atoms with Crippen LogP contribution in [0.25, 0.3) is 0 Å². The van der Waals surface area contributed by atoms with Crippen LogP contribution in [0.1, 0.15) is 6.42 Å². The average molecular weight is 85.1 g/mol. The summed E-state index contributed by atoms with van der Waals surface area (Å²) < 4.78 is 0. The maximum absolute atomic E-state index is 9.73. The number of aliphatic carboxylic acids is 1. The van der Waals surface area contributed by atoms with Gasteiger partial charge in [0, 0.05) is 0 Å². The molecule has 1 fully saturated rings. The van der Waals surface area contributed by atoms with E-state index in [1.54, 1.807) is 6.42 Å². The molecule has 6 heavy (non-hydrogen) atoms. The van der Waals surface area contributed by atoms with E-state index in [-0.39, 0.29) is 5.92 Å². The lowest BCUT2D eigenvalue weighted by Gasteiger charge is -1.75. The highest BCUT2D eigenvalue weighted by molar-refractivity contribution is 5.75. The summed E-state index contributed by atoms with van der Waals surface area (Å²) in [4.78, 5) is 9.73. The summed E-state index contributed by atoms with van der Waals surface area (Å²) in [5, 5.41) is 8.02. The van der Waals surface area contributed by atoms with Gasteiger partial charge in [-0.1, -0.05) is 0 Å². The summed E-state index contributed by atoms with van der Waals surface area (Å²) in [7, 11) is 0. The summed E-state index contributed by atoms with van der Waals surface area (Å²) >= 11 is 0. The van der Waals surface area contributed by atoms with Gasteiger partial charge in [-0.15, -0.1) is 0 Å². The first kappa shape index (κ1) is 3.65. The van der Waals surface area contributed by atoms with Crippen LogP contribution >= 0.6 is 0 Å². The zero-order valence-electron chi connectivity index (χ0n) is 3.22. The Morgan fingerprint density at radius 1 is 2.00 bits per heavy atom. The summed E-state index contributed by atoms with van der Waals surface area (Å²) in [6.07, 6.45) is 2.54. The van der Waals surface area contributed by atoms with E-state index in [0.29, 0.717) is 0 Å². The van der Waals surface area contributed by atoms with Crippen LogP contribution in [0.4, 0.5) is 0 Å². The molecule has 1 aliphatic rings. The van der Waals surface area contributed by atoms with Crippen molar-refractivity contribution in [3.05, 3.63) is 6.42 Å². The van der Waals surface area contributed by atoms with Crippen LogP contribution in [0.2, 0.25) is 0 Å². The topological polar surface area (TPSA) is 37.3 Å². The van der Waals surface area contributed by atoms with Crippen LogP contribution in [0.5, 0.6) is 0 Å². The summed E-state index contributed by atoms with van der Waals surface area (Å²) in [6, 6.07) is 0. The Hall–Kier alpha value is -0.530. The van der Waals surface area contributed by atoms with Gasteiger partial charge >= 0.3 is 5.97 Å². The molecule has 0 spiro atoms. The molecule has 2 heteroatoms. The predicted molar refractivity (Wildman–Crippen MR) is 20.0 cm³/mol. The van der Waals surface area contributed by atoms with Gasteiger partial charge in [-0.2, -0.15) is 0 Å². The molecular weight excluding hydrogens is 80.0 g/mol. The summed E-state index contributed by atoms with van der Waals surface area (Å²) in [6.45, 7) is 0. The van der Waals surface area contributed by atoms with Crippen LogP contribution in [-0.4, -0.2) is 11.1 Å². The molecule has 2 nitrogen and oxygen atoms in total. The lowest BCUT2D eigenvalue weighted by Crippen LogP contribution is -1.94. The first-order chi connectivity index (χ1) is 2.80. The van der Waals surface area contributed by atoms with E-state index in [4.69, 9.17) is 5.11 Å². The Morgan fingerprint density at radius 3 is 2.50 bits per heavy atom. The number of rotatable bonds is 1. The van der Waals surface area contributed by atoms with Crippen LogP contribution < -0.4 is 0 Å². The number of hydrogen-bond donors (Lipinski definition) is 1. The standard InChI is InChI=1S/C4H5O2/c5-4(6)3-1-2-3/h1,3H,2H2,(H,5,6). The van der Waals surface area contributed by atoms with Crippen molar-refractivity contribution in [1.29, 1.82) is 0 Å². The largest absolute Gasteiger partial charge is 0.481 e. The summed E-state index contributed by atoms with van der Waals surface area (Å²) in [5.41, 5.74) is 0. The van der Waals surface area contributed by atoms with Gasteiger partial charge in [-0.05, 0) is 12.8 Å². The molecule has 0 aromatic carbocycles. The molecule has 0 aromatic heterocycles. The monoisotopic (exact) mass is 85.0 g/mol. The van der Waals surface area contributed by atoms with E-state index in [1.807, 2.05) is 0 Å². The normalized spacial score (nSPS) is 20.7. The minimum atomic E-state index is -0.685. The van der Waals surface area contributed by atoms with Crippen molar-refractivity contribution >= 4 is 5.97 Å². The van der Waals surface area contributed by atoms with Gasteiger partial charge in [0.15, 0.2) is 0 Å². The smallest absolute Gasteiger partial charge is 0.306 e. The molecule has 0 bridgehead atoms. The Morgan fingerprint density at radius 2 is 2.50 bits per heavy atom. The molecule has 1 rings (SSSR count). The van der Waals surface area contributed by atoms with E-state index in [2.05, 4.69) is 0 Å². The molecule has 0 amide bonds. The SMILES string of the molecule is O=C(O)C1[CH]C1. The van der Waals surface area contributed by atoms with Gasteiger partial charge in [0.2, 0.25) is 0 Å². The van der Waals surface area contributed by atoms with Crippen molar-refractivity contribution in [2.24, 2.45) is 5.92 Å². The van der Waals surface area contributed by atoms with E-state index in [0.717, 1.165) is 6.42 Å². The highest BCUT2D eigenvalue weighted by atomic mass is 16.4. The molecule has 1 aliphatic carbocycles. The van der Waals surface area contributed by atoms with Crippen molar-refractivity contribution in [1.82, 2.24) is 0 Å². The van der Waals surface area contributed by atoms with Crippen molar-refractivity contribution in [2.75, 3.05) is 0 Å². The molecule has 33 valence electrons. The van der Waals surface area contributed by atoms with Gasteiger partial charge in [-0.3, -0.25) is 4.79 Å². The first-order valence-electron chi connectivity index (χ1n) is 1.87. The van der Waals surface area contributed by atoms with Crippen molar-refractivity contribution in [2.45, 2.75) is 6.42 Å². The molecule has 0 saturated heterocycles. The fourth-order valence-electron chi connectivity index (χ4n) is 0.270. The number of carboxylic acids is 1. The fraction of sp³-hybridized carbons (Fsp3) is 0.500. The second-order valence-corrected chi connectivity index (χ2v) is 1.42. The zero-order chi connectivity index (χ0) is 4.57. The average Bonchev–Trinajstić information content (AvgIpc) is 2.06. The molecule has 1 atom stereocenters. The molecule has 1 saturated carbocycles. The molecule has 0 aliphatic heterocycles. The fourth-order valence-corrected chi connectivity index (χ4v) is 0.270. The Kier molecular flexibility index (Phi) is 0.587. The van der Waals surface area contributed by atoms with Gasteiger partial charge in [0.1, 0.15) is 0 Å².